The van der Waals surface area contributed by atoms with Gasteiger partial charge in [0, 0.05) is 11.9 Å². The predicted octanol–water partition coefficient (Wildman–Crippen LogP) is 5.39. The van der Waals surface area contributed by atoms with Gasteiger partial charge in [0.1, 0.15) is 5.75 Å². The van der Waals surface area contributed by atoms with Crippen LogP contribution < -0.4 is 4.74 Å². The highest BCUT2D eigenvalue weighted by atomic mass is 32.1. The SMILES string of the molecule is COc1ccccc1-c1nn(C(C)c2ccccn2)c(=S)n1-c1ccc(C)cc1. The number of aromatic nitrogens is 4. The molecule has 0 bridgehead atoms. The first-order valence-corrected chi connectivity index (χ1v) is 9.84. The molecule has 0 saturated carbocycles. The fraction of sp³-hybridized carbons (Fsp3) is 0.174. The standard InChI is InChI=1S/C23H22N4OS/c1-16-11-13-18(14-12-16)26-22(19-8-4-5-10-21(19)28-3)25-27(23(26)29)17(2)20-9-6-7-15-24-20/h4-15,17H,1-3H3. The lowest BCUT2D eigenvalue weighted by Crippen LogP contribution is -2.10. The Labute approximate surface area is 175 Å². The molecule has 4 aromatic rings. The predicted molar refractivity (Wildman–Crippen MR) is 117 cm³/mol. The van der Waals surface area contributed by atoms with Crippen molar-refractivity contribution in [3.8, 4) is 22.8 Å². The van der Waals surface area contributed by atoms with E-state index in [4.69, 9.17) is 22.1 Å². The lowest BCUT2D eigenvalue weighted by atomic mass is 10.1. The Morgan fingerprint density at radius 1 is 0.966 bits per heavy atom. The Morgan fingerprint density at radius 3 is 2.38 bits per heavy atom. The Bertz CT molecular complexity index is 1180. The summed E-state index contributed by atoms with van der Waals surface area (Å²) in [6.45, 7) is 4.12. The smallest absolute Gasteiger partial charge is 0.203 e. The van der Waals surface area contributed by atoms with Crippen molar-refractivity contribution in [2.75, 3.05) is 7.11 Å². The van der Waals surface area contributed by atoms with Crippen LogP contribution in [-0.4, -0.2) is 26.4 Å². The molecule has 0 N–H and O–H groups in total. The number of hydrogen-bond donors (Lipinski definition) is 0. The van der Waals surface area contributed by atoms with Crippen LogP contribution in [0.2, 0.25) is 0 Å². The van der Waals surface area contributed by atoms with Gasteiger partial charge in [0.25, 0.3) is 0 Å². The summed E-state index contributed by atoms with van der Waals surface area (Å²) in [6, 6.07) is 21.9. The molecule has 2 aromatic heterocycles. The van der Waals surface area contributed by atoms with Crippen LogP contribution in [0.3, 0.4) is 0 Å². The van der Waals surface area contributed by atoms with E-state index >= 15 is 0 Å². The first kappa shape index (κ1) is 19.1. The summed E-state index contributed by atoms with van der Waals surface area (Å²) in [6.07, 6.45) is 1.79. The van der Waals surface area contributed by atoms with Gasteiger partial charge < -0.3 is 4.74 Å². The van der Waals surface area contributed by atoms with Gasteiger partial charge in [0.15, 0.2) is 5.82 Å². The molecule has 146 valence electrons. The first-order valence-electron chi connectivity index (χ1n) is 9.43. The second-order valence-electron chi connectivity index (χ2n) is 6.85. The lowest BCUT2D eigenvalue weighted by Gasteiger charge is -2.11. The van der Waals surface area contributed by atoms with E-state index in [1.807, 2.05) is 51.7 Å². The van der Waals surface area contributed by atoms with Crippen LogP contribution >= 0.6 is 12.2 Å². The van der Waals surface area contributed by atoms with Gasteiger partial charge in [0.2, 0.25) is 4.77 Å². The van der Waals surface area contributed by atoms with E-state index in [2.05, 4.69) is 43.1 Å². The largest absolute Gasteiger partial charge is 0.496 e. The number of benzene rings is 2. The second kappa shape index (κ2) is 8.01. The monoisotopic (exact) mass is 402 g/mol. The van der Waals surface area contributed by atoms with Crippen LogP contribution in [0.25, 0.3) is 17.1 Å². The normalized spacial score (nSPS) is 12.0. The Balaban J connectivity index is 1.96. The molecule has 1 atom stereocenters. The molecule has 0 spiro atoms. The lowest BCUT2D eigenvalue weighted by molar-refractivity contribution is 0.416. The maximum absolute atomic E-state index is 5.88. The second-order valence-corrected chi connectivity index (χ2v) is 7.22. The highest BCUT2D eigenvalue weighted by molar-refractivity contribution is 7.71. The number of pyridine rings is 1. The number of ether oxygens (including phenoxy) is 1. The van der Waals surface area contributed by atoms with Gasteiger partial charge in [-0.3, -0.25) is 9.55 Å². The van der Waals surface area contributed by atoms with Crippen LogP contribution in [0.1, 0.15) is 24.2 Å². The number of hydrogen-bond acceptors (Lipinski definition) is 4. The highest BCUT2D eigenvalue weighted by Crippen LogP contribution is 2.32. The van der Waals surface area contributed by atoms with Crippen LogP contribution in [0.15, 0.2) is 72.9 Å². The summed E-state index contributed by atoms with van der Waals surface area (Å²) in [5.41, 5.74) is 3.94. The van der Waals surface area contributed by atoms with Gasteiger partial charge in [0.05, 0.1) is 24.4 Å². The fourth-order valence-electron chi connectivity index (χ4n) is 3.31. The van der Waals surface area contributed by atoms with Crippen molar-refractivity contribution >= 4 is 12.2 Å². The van der Waals surface area contributed by atoms with E-state index in [1.165, 1.54) is 5.56 Å². The quantitative estimate of drug-likeness (QED) is 0.420. The van der Waals surface area contributed by atoms with Gasteiger partial charge in [-0.2, -0.15) is 5.10 Å². The molecule has 2 heterocycles. The van der Waals surface area contributed by atoms with Crippen molar-refractivity contribution < 1.29 is 4.74 Å². The Morgan fingerprint density at radius 2 is 1.69 bits per heavy atom. The average molecular weight is 403 g/mol. The van der Waals surface area contributed by atoms with Gasteiger partial charge >= 0.3 is 0 Å². The zero-order chi connectivity index (χ0) is 20.4. The van der Waals surface area contributed by atoms with Crippen LogP contribution in [0.5, 0.6) is 5.75 Å². The summed E-state index contributed by atoms with van der Waals surface area (Å²) in [4.78, 5) is 4.48. The molecule has 4 rings (SSSR count). The number of aryl methyl sites for hydroxylation is 1. The number of para-hydroxylation sites is 1. The van der Waals surface area contributed by atoms with Gasteiger partial charge in [-0.05, 0) is 62.5 Å². The highest BCUT2D eigenvalue weighted by Gasteiger charge is 2.21. The molecule has 2 aromatic carbocycles. The average Bonchev–Trinajstić information content (AvgIpc) is 3.11. The zero-order valence-electron chi connectivity index (χ0n) is 16.6. The molecule has 0 aliphatic heterocycles. The summed E-state index contributed by atoms with van der Waals surface area (Å²) in [7, 11) is 1.66. The van der Waals surface area contributed by atoms with Gasteiger partial charge in [-0.25, -0.2) is 4.68 Å². The van der Waals surface area contributed by atoms with Gasteiger partial charge in [-0.1, -0.05) is 35.9 Å². The topological polar surface area (TPSA) is 44.9 Å². The third-order valence-electron chi connectivity index (χ3n) is 4.92. The summed E-state index contributed by atoms with van der Waals surface area (Å²) in [5, 5.41) is 4.92. The van der Waals surface area contributed by atoms with Crippen molar-refractivity contribution in [3.05, 3.63) is 89.0 Å². The van der Waals surface area contributed by atoms with E-state index < -0.39 is 0 Å². The molecule has 0 aliphatic rings. The fourth-order valence-corrected chi connectivity index (χ4v) is 3.70. The van der Waals surface area contributed by atoms with Crippen LogP contribution in [0.4, 0.5) is 0 Å². The van der Waals surface area contributed by atoms with Crippen molar-refractivity contribution in [2.45, 2.75) is 19.9 Å². The van der Waals surface area contributed by atoms with Crippen LogP contribution in [0, 0.1) is 11.7 Å². The minimum atomic E-state index is -0.108. The van der Waals surface area contributed by atoms with E-state index in [1.54, 1.807) is 13.3 Å². The molecule has 0 saturated heterocycles. The minimum absolute atomic E-state index is 0.108. The number of methoxy groups -OCH3 is 1. The van der Waals surface area contributed by atoms with Crippen molar-refractivity contribution in [1.29, 1.82) is 0 Å². The molecule has 1 unspecified atom stereocenters. The number of nitrogens with zero attached hydrogens (tertiary/aromatic N) is 4. The molecule has 0 amide bonds. The van der Waals surface area contributed by atoms with E-state index in [0.29, 0.717) is 4.77 Å². The van der Waals surface area contributed by atoms with Crippen molar-refractivity contribution in [1.82, 2.24) is 19.3 Å². The molecule has 6 heteroatoms. The van der Waals surface area contributed by atoms with E-state index in [0.717, 1.165) is 28.5 Å². The van der Waals surface area contributed by atoms with Crippen molar-refractivity contribution in [2.24, 2.45) is 0 Å². The Hall–Kier alpha value is -3.25. The van der Waals surface area contributed by atoms with Crippen LogP contribution in [-0.2, 0) is 0 Å². The molecule has 29 heavy (non-hydrogen) atoms. The Kier molecular flexibility index (Phi) is 5.27. The molecular formula is C23H22N4OS. The zero-order valence-corrected chi connectivity index (χ0v) is 17.4. The van der Waals surface area contributed by atoms with Crippen molar-refractivity contribution in [3.63, 3.8) is 0 Å². The third kappa shape index (κ3) is 3.59. The maximum Gasteiger partial charge on any atom is 0.203 e. The van der Waals surface area contributed by atoms with E-state index in [9.17, 15) is 0 Å². The molecule has 0 aliphatic carbocycles. The summed E-state index contributed by atoms with van der Waals surface area (Å²) in [5.74, 6) is 1.48. The molecular weight excluding hydrogens is 380 g/mol. The molecule has 5 nitrogen and oxygen atoms in total. The maximum atomic E-state index is 5.88. The van der Waals surface area contributed by atoms with Gasteiger partial charge in [-0.15, -0.1) is 0 Å². The summed E-state index contributed by atoms with van der Waals surface area (Å²) >= 11 is 5.88. The molecule has 0 fully saturated rings. The van der Waals surface area contributed by atoms with E-state index in [-0.39, 0.29) is 6.04 Å². The third-order valence-corrected chi connectivity index (χ3v) is 5.29. The molecule has 0 radical (unpaired) electrons. The summed E-state index contributed by atoms with van der Waals surface area (Å²) < 4.78 is 10.0. The first-order chi connectivity index (χ1) is 14.1. The minimum Gasteiger partial charge on any atom is -0.496 e. The number of rotatable bonds is 5.